The molecule has 39 heavy (non-hydrogen) atoms. The van der Waals surface area contributed by atoms with Crippen molar-refractivity contribution in [3.05, 3.63) is 29.1 Å². The number of ether oxygens (including phenoxy) is 1. The van der Waals surface area contributed by atoms with Gasteiger partial charge in [-0.25, -0.2) is 4.39 Å². The van der Waals surface area contributed by atoms with Crippen molar-refractivity contribution in [3.8, 4) is 0 Å². The molecule has 1 saturated carbocycles. The molecule has 5 atom stereocenters. The Labute approximate surface area is 235 Å². The number of piperidine rings is 2. The number of hydrogen-bond acceptors (Lipinski definition) is 7. The minimum absolute atomic E-state index is 0. The van der Waals surface area contributed by atoms with Crippen LogP contribution in [0.15, 0.2) is 12.1 Å². The zero-order valence-electron chi connectivity index (χ0n) is 22.7. The van der Waals surface area contributed by atoms with E-state index in [4.69, 9.17) is 4.74 Å². The van der Waals surface area contributed by atoms with Gasteiger partial charge >= 0.3 is 0 Å². The van der Waals surface area contributed by atoms with E-state index in [2.05, 4.69) is 27.4 Å². The molecule has 3 amide bonds. The van der Waals surface area contributed by atoms with Gasteiger partial charge < -0.3 is 19.9 Å². The molecule has 11 heteroatoms. The van der Waals surface area contributed by atoms with Gasteiger partial charge in [-0.3, -0.25) is 24.6 Å². The van der Waals surface area contributed by atoms with E-state index >= 15 is 4.39 Å². The lowest BCUT2D eigenvalue weighted by molar-refractivity contribution is -0.137. The minimum Gasteiger partial charge on any atom is -0.374 e. The summed E-state index contributed by atoms with van der Waals surface area (Å²) in [4.78, 5) is 43.2. The van der Waals surface area contributed by atoms with Gasteiger partial charge in [0.1, 0.15) is 6.04 Å². The van der Waals surface area contributed by atoms with Gasteiger partial charge in [-0.15, -0.1) is 12.4 Å². The maximum Gasteiger partial charge on any atom is 0.255 e. The van der Waals surface area contributed by atoms with E-state index in [0.717, 1.165) is 58.5 Å². The quantitative estimate of drug-likeness (QED) is 0.531. The predicted octanol–water partition coefficient (Wildman–Crippen LogP) is 2.24. The Morgan fingerprint density at radius 1 is 1.00 bits per heavy atom. The number of carbonyl (C=O) groups is 3. The van der Waals surface area contributed by atoms with Gasteiger partial charge in [0.05, 0.1) is 23.9 Å². The topological polar surface area (TPSA) is 94.2 Å². The Bertz CT molecular complexity index is 1120. The van der Waals surface area contributed by atoms with Crippen molar-refractivity contribution in [1.29, 1.82) is 0 Å². The standard InChI is InChI=1S/C28H38FN5O4.ClH/c1-16-22(15-23(16)38-18-7-9-30-10-8-18)33-13-11-32(12-14-33)20-4-3-19-25(26(20)29)17(2)34(28(19)37)21-5-6-24(35)31-27(21)36;/h3-4,16-18,21-23,30H,5-15H2,1-2H3,(H,31,35,36);1H/t16-,17-,21?,22-,23-;/m1./s1. The van der Waals surface area contributed by atoms with Gasteiger partial charge in [-0.1, -0.05) is 6.92 Å². The lowest BCUT2D eigenvalue weighted by Gasteiger charge is -2.51. The zero-order valence-corrected chi connectivity index (χ0v) is 23.5. The number of carbonyl (C=O) groups excluding carboxylic acids is 3. The number of piperazine rings is 1. The molecule has 4 aliphatic heterocycles. The molecule has 3 saturated heterocycles. The van der Waals surface area contributed by atoms with Crippen LogP contribution in [-0.2, 0) is 14.3 Å². The van der Waals surface area contributed by atoms with Crippen molar-refractivity contribution in [3.63, 3.8) is 0 Å². The highest BCUT2D eigenvalue weighted by Crippen LogP contribution is 2.42. The normalized spacial score (nSPS) is 32.0. The summed E-state index contributed by atoms with van der Waals surface area (Å²) in [6.45, 7) is 9.30. The summed E-state index contributed by atoms with van der Waals surface area (Å²) in [6, 6.07) is 2.57. The first-order valence-corrected chi connectivity index (χ1v) is 14.2. The Kier molecular flexibility index (Phi) is 8.20. The van der Waals surface area contributed by atoms with E-state index in [1.165, 1.54) is 4.90 Å². The number of anilines is 1. The summed E-state index contributed by atoms with van der Waals surface area (Å²) in [5.41, 5.74) is 1.18. The number of imide groups is 1. The van der Waals surface area contributed by atoms with E-state index in [1.807, 2.05) is 0 Å². The fourth-order valence-corrected chi connectivity index (χ4v) is 7.09. The number of halogens is 2. The highest BCUT2D eigenvalue weighted by atomic mass is 35.5. The second kappa shape index (κ2) is 11.3. The van der Waals surface area contributed by atoms with Gasteiger partial charge in [-0.2, -0.15) is 0 Å². The Balaban J connectivity index is 0.00000308. The Morgan fingerprint density at radius 2 is 1.72 bits per heavy atom. The second-order valence-corrected chi connectivity index (χ2v) is 11.5. The van der Waals surface area contributed by atoms with Gasteiger partial charge in [-0.05, 0) is 63.7 Å². The summed E-state index contributed by atoms with van der Waals surface area (Å²) < 4.78 is 22.3. The van der Waals surface area contributed by atoms with Gasteiger partial charge in [0.2, 0.25) is 11.8 Å². The molecule has 6 rings (SSSR count). The molecule has 2 N–H and O–H groups in total. The van der Waals surface area contributed by atoms with E-state index in [9.17, 15) is 14.4 Å². The van der Waals surface area contributed by atoms with Crippen LogP contribution in [0, 0.1) is 11.7 Å². The Hall–Kier alpha value is -2.27. The molecule has 4 fully saturated rings. The van der Waals surface area contributed by atoms with Crippen LogP contribution in [0.3, 0.4) is 0 Å². The van der Waals surface area contributed by atoms with Crippen molar-refractivity contribution in [2.24, 2.45) is 5.92 Å². The molecule has 0 radical (unpaired) electrons. The number of amides is 3. The lowest BCUT2D eigenvalue weighted by atomic mass is 9.76. The fourth-order valence-electron chi connectivity index (χ4n) is 7.09. The summed E-state index contributed by atoms with van der Waals surface area (Å²) in [6.07, 6.45) is 4.39. The van der Waals surface area contributed by atoms with Crippen LogP contribution in [0.1, 0.15) is 67.9 Å². The average molecular weight is 564 g/mol. The fraction of sp³-hybridized carbons (Fsp3) is 0.679. The summed E-state index contributed by atoms with van der Waals surface area (Å²) in [7, 11) is 0. The number of rotatable bonds is 5. The first-order chi connectivity index (χ1) is 18.3. The lowest BCUT2D eigenvalue weighted by Crippen LogP contribution is -2.60. The Morgan fingerprint density at radius 3 is 2.38 bits per heavy atom. The monoisotopic (exact) mass is 563 g/mol. The first kappa shape index (κ1) is 28.3. The van der Waals surface area contributed by atoms with Crippen LogP contribution < -0.4 is 15.5 Å². The van der Waals surface area contributed by atoms with Crippen LogP contribution in [0.5, 0.6) is 0 Å². The third kappa shape index (κ3) is 5.05. The molecule has 1 aromatic carbocycles. The van der Waals surface area contributed by atoms with Crippen molar-refractivity contribution in [2.75, 3.05) is 44.2 Å². The summed E-state index contributed by atoms with van der Waals surface area (Å²) >= 11 is 0. The van der Waals surface area contributed by atoms with Crippen molar-refractivity contribution >= 4 is 35.8 Å². The first-order valence-electron chi connectivity index (χ1n) is 14.2. The largest absolute Gasteiger partial charge is 0.374 e. The maximum absolute atomic E-state index is 15.9. The minimum atomic E-state index is -0.763. The van der Waals surface area contributed by atoms with Crippen LogP contribution in [-0.4, -0.2) is 91.1 Å². The highest BCUT2D eigenvalue weighted by Gasteiger charge is 2.46. The maximum atomic E-state index is 15.9. The smallest absolute Gasteiger partial charge is 0.255 e. The predicted molar refractivity (Wildman–Crippen MR) is 147 cm³/mol. The molecule has 0 spiro atoms. The molecular weight excluding hydrogens is 525 g/mol. The number of nitrogens with one attached hydrogen (secondary N) is 2. The molecule has 214 valence electrons. The van der Waals surface area contributed by atoms with E-state index < -0.39 is 18.0 Å². The van der Waals surface area contributed by atoms with Gasteiger partial charge in [0.15, 0.2) is 5.82 Å². The average Bonchev–Trinajstić information content (AvgIpc) is 3.17. The van der Waals surface area contributed by atoms with Crippen LogP contribution >= 0.6 is 12.4 Å². The third-order valence-corrected chi connectivity index (χ3v) is 9.45. The highest BCUT2D eigenvalue weighted by molar-refractivity contribution is 6.06. The third-order valence-electron chi connectivity index (χ3n) is 9.45. The molecule has 0 aromatic heterocycles. The van der Waals surface area contributed by atoms with Crippen LogP contribution in [0.2, 0.25) is 0 Å². The molecule has 5 aliphatic rings. The summed E-state index contributed by atoms with van der Waals surface area (Å²) in [5, 5.41) is 5.70. The number of hydrogen-bond donors (Lipinski definition) is 2. The van der Waals surface area contributed by atoms with E-state index in [-0.39, 0.29) is 42.9 Å². The van der Waals surface area contributed by atoms with Crippen molar-refractivity contribution in [1.82, 2.24) is 20.4 Å². The molecule has 1 unspecified atom stereocenters. The number of fused-ring (bicyclic) bond motifs is 1. The number of nitrogens with zero attached hydrogens (tertiary/aromatic N) is 3. The number of benzene rings is 1. The van der Waals surface area contributed by atoms with Crippen molar-refractivity contribution in [2.45, 2.75) is 76.3 Å². The van der Waals surface area contributed by atoms with Crippen molar-refractivity contribution < 1.29 is 23.5 Å². The van der Waals surface area contributed by atoms with Crippen LogP contribution in [0.25, 0.3) is 0 Å². The molecule has 9 nitrogen and oxygen atoms in total. The molecular formula is C28H39ClFN5O4. The molecule has 1 aliphatic carbocycles. The molecule has 4 heterocycles. The second-order valence-electron chi connectivity index (χ2n) is 11.5. The van der Waals surface area contributed by atoms with Crippen LogP contribution in [0.4, 0.5) is 10.1 Å². The zero-order chi connectivity index (χ0) is 26.6. The summed E-state index contributed by atoms with van der Waals surface area (Å²) in [5.74, 6) is -1.05. The van der Waals surface area contributed by atoms with Gasteiger partial charge in [0, 0.05) is 49.8 Å². The van der Waals surface area contributed by atoms with E-state index in [0.29, 0.717) is 41.0 Å². The SMILES string of the molecule is C[C@@H]1[C@H](N2CCN(c3ccc4c(c3F)[C@@H](C)N(C3CCC(=O)NC3=O)C4=O)CC2)C[C@H]1OC1CCNCC1.Cl. The van der Waals surface area contributed by atoms with Gasteiger partial charge in [0.25, 0.3) is 5.91 Å². The molecule has 1 aromatic rings. The van der Waals surface area contributed by atoms with E-state index in [1.54, 1.807) is 19.1 Å². The molecule has 0 bridgehead atoms.